The summed E-state index contributed by atoms with van der Waals surface area (Å²) in [6.07, 6.45) is 0.728. The molecule has 2 nitrogen and oxygen atoms in total. The Labute approximate surface area is 83.6 Å². The van der Waals surface area contributed by atoms with Crippen molar-refractivity contribution >= 4 is 0 Å². The van der Waals surface area contributed by atoms with Crippen molar-refractivity contribution in [2.24, 2.45) is 5.84 Å². The zero-order valence-electron chi connectivity index (χ0n) is 8.26. The molecule has 3 heteroatoms. The summed E-state index contributed by atoms with van der Waals surface area (Å²) >= 11 is 0. The van der Waals surface area contributed by atoms with E-state index in [1.54, 1.807) is 12.1 Å². The number of nitrogens with one attached hydrogen (secondary N) is 1. The lowest BCUT2D eigenvalue weighted by Gasteiger charge is -2.15. The van der Waals surface area contributed by atoms with E-state index in [2.05, 4.69) is 12.0 Å². The van der Waals surface area contributed by atoms with E-state index in [-0.39, 0.29) is 11.9 Å². The lowest BCUT2D eigenvalue weighted by molar-refractivity contribution is 0.588. The standard InChI is InChI=1S/C11H15FN2/c1-8(2)11(14-13)7-9-3-5-10(12)6-4-9/h3-6,11,14H,1,7,13H2,2H3. The minimum Gasteiger partial charge on any atom is -0.271 e. The van der Waals surface area contributed by atoms with Gasteiger partial charge in [0.1, 0.15) is 5.82 Å². The highest BCUT2D eigenvalue weighted by molar-refractivity contribution is 5.19. The van der Waals surface area contributed by atoms with Crippen LogP contribution >= 0.6 is 0 Å². The SMILES string of the molecule is C=C(C)C(Cc1ccc(F)cc1)NN. The topological polar surface area (TPSA) is 38.0 Å². The van der Waals surface area contributed by atoms with Crippen LogP contribution in [0.5, 0.6) is 0 Å². The van der Waals surface area contributed by atoms with Gasteiger partial charge in [-0.25, -0.2) is 4.39 Å². The zero-order valence-corrected chi connectivity index (χ0v) is 8.26. The van der Waals surface area contributed by atoms with Crippen LogP contribution in [-0.4, -0.2) is 6.04 Å². The van der Waals surface area contributed by atoms with E-state index >= 15 is 0 Å². The second-order valence-corrected chi connectivity index (χ2v) is 3.40. The van der Waals surface area contributed by atoms with E-state index in [4.69, 9.17) is 5.84 Å². The van der Waals surface area contributed by atoms with Crippen LogP contribution in [0.2, 0.25) is 0 Å². The van der Waals surface area contributed by atoms with Gasteiger partial charge in [-0.3, -0.25) is 11.3 Å². The molecule has 0 aromatic heterocycles. The van der Waals surface area contributed by atoms with Crippen molar-refractivity contribution in [2.75, 3.05) is 0 Å². The number of halogens is 1. The molecule has 3 N–H and O–H groups in total. The van der Waals surface area contributed by atoms with Gasteiger partial charge in [-0.2, -0.15) is 0 Å². The Kier molecular flexibility index (Phi) is 3.80. The van der Waals surface area contributed by atoms with E-state index in [1.807, 2.05) is 6.92 Å². The van der Waals surface area contributed by atoms with Gasteiger partial charge in [0.25, 0.3) is 0 Å². The van der Waals surface area contributed by atoms with Crippen molar-refractivity contribution in [3.8, 4) is 0 Å². The Hall–Kier alpha value is -1.19. The normalized spacial score (nSPS) is 12.5. The summed E-state index contributed by atoms with van der Waals surface area (Å²) in [6.45, 7) is 5.73. The van der Waals surface area contributed by atoms with E-state index in [0.717, 1.165) is 17.6 Å². The van der Waals surface area contributed by atoms with E-state index in [0.29, 0.717) is 0 Å². The quantitative estimate of drug-likeness (QED) is 0.435. The van der Waals surface area contributed by atoms with Crippen LogP contribution in [-0.2, 0) is 6.42 Å². The molecule has 0 radical (unpaired) electrons. The molecule has 1 atom stereocenters. The molecule has 76 valence electrons. The van der Waals surface area contributed by atoms with Crippen molar-refractivity contribution in [1.82, 2.24) is 5.43 Å². The fourth-order valence-corrected chi connectivity index (χ4v) is 1.23. The average molecular weight is 194 g/mol. The van der Waals surface area contributed by atoms with Gasteiger partial charge in [-0.1, -0.05) is 24.3 Å². The fraction of sp³-hybridized carbons (Fsp3) is 0.273. The Morgan fingerprint density at radius 1 is 1.50 bits per heavy atom. The van der Waals surface area contributed by atoms with Crippen LogP contribution in [0.15, 0.2) is 36.4 Å². The number of hydrogen-bond donors (Lipinski definition) is 2. The molecule has 1 aromatic carbocycles. The molecule has 1 rings (SSSR count). The first-order valence-corrected chi connectivity index (χ1v) is 4.49. The first-order valence-electron chi connectivity index (χ1n) is 4.49. The largest absolute Gasteiger partial charge is 0.271 e. The third-order valence-corrected chi connectivity index (χ3v) is 2.15. The average Bonchev–Trinajstić information content (AvgIpc) is 2.16. The molecule has 0 saturated carbocycles. The van der Waals surface area contributed by atoms with Crippen molar-refractivity contribution in [1.29, 1.82) is 0 Å². The molecular weight excluding hydrogens is 179 g/mol. The Morgan fingerprint density at radius 3 is 2.50 bits per heavy atom. The second-order valence-electron chi connectivity index (χ2n) is 3.40. The molecule has 0 amide bonds. The van der Waals surface area contributed by atoms with Crippen molar-refractivity contribution in [2.45, 2.75) is 19.4 Å². The molecule has 0 aliphatic heterocycles. The van der Waals surface area contributed by atoms with Gasteiger partial charge in [0.15, 0.2) is 0 Å². The van der Waals surface area contributed by atoms with E-state index < -0.39 is 0 Å². The number of nitrogens with two attached hydrogens (primary N) is 1. The van der Waals surface area contributed by atoms with Crippen LogP contribution in [0.25, 0.3) is 0 Å². The number of benzene rings is 1. The van der Waals surface area contributed by atoms with Crippen LogP contribution in [0.4, 0.5) is 4.39 Å². The number of hydrogen-bond acceptors (Lipinski definition) is 2. The summed E-state index contributed by atoms with van der Waals surface area (Å²) < 4.78 is 12.6. The van der Waals surface area contributed by atoms with Crippen molar-refractivity contribution in [3.63, 3.8) is 0 Å². The molecule has 0 heterocycles. The minimum absolute atomic E-state index is 0.0421. The summed E-state index contributed by atoms with van der Waals surface area (Å²) in [5, 5.41) is 0. The zero-order chi connectivity index (χ0) is 10.6. The van der Waals surface area contributed by atoms with E-state index in [1.165, 1.54) is 12.1 Å². The summed E-state index contributed by atoms with van der Waals surface area (Å²) in [7, 11) is 0. The van der Waals surface area contributed by atoms with Crippen LogP contribution < -0.4 is 11.3 Å². The van der Waals surface area contributed by atoms with Gasteiger partial charge in [0.2, 0.25) is 0 Å². The fourth-order valence-electron chi connectivity index (χ4n) is 1.23. The smallest absolute Gasteiger partial charge is 0.123 e. The van der Waals surface area contributed by atoms with Crippen molar-refractivity contribution in [3.05, 3.63) is 47.8 Å². The Morgan fingerprint density at radius 2 is 2.07 bits per heavy atom. The van der Waals surface area contributed by atoms with Gasteiger partial charge in [0.05, 0.1) is 0 Å². The van der Waals surface area contributed by atoms with Crippen LogP contribution in [0.1, 0.15) is 12.5 Å². The number of hydrazine groups is 1. The van der Waals surface area contributed by atoms with E-state index in [9.17, 15) is 4.39 Å². The third kappa shape index (κ3) is 2.94. The first-order chi connectivity index (χ1) is 6.63. The summed E-state index contributed by atoms with van der Waals surface area (Å²) in [5.74, 6) is 5.15. The van der Waals surface area contributed by atoms with Gasteiger partial charge < -0.3 is 0 Å². The van der Waals surface area contributed by atoms with Gasteiger partial charge in [0, 0.05) is 6.04 Å². The highest BCUT2D eigenvalue weighted by atomic mass is 19.1. The van der Waals surface area contributed by atoms with Crippen LogP contribution in [0.3, 0.4) is 0 Å². The highest BCUT2D eigenvalue weighted by Crippen LogP contribution is 2.09. The molecule has 1 aromatic rings. The summed E-state index contributed by atoms with van der Waals surface area (Å²) in [4.78, 5) is 0. The lowest BCUT2D eigenvalue weighted by atomic mass is 10.0. The monoisotopic (exact) mass is 194 g/mol. The molecule has 0 aliphatic rings. The van der Waals surface area contributed by atoms with Crippen LogP contribution in [0, 0.1) is 5.82 Å². The molecule has 0 bridgehead atoms. The van der Waals surface area contributed by atoms with Gasteiger partial charge in [-0.15, -0.1) is 0 Å². The molecule has 0 fully saturated rings. The maximum absolute atomic E-state index is 12.6. The first kappa shape index (κ1) is 10.9. The molecular formula is C11H15FN2. The molecule has 14 heavy (non-hydrogen) atoms. The lowest BCUT2D eigenvalue weighted by Crippen LogP contribution is -2.37. The summed E-state index contributed by atoms with van der Waals surface area (Å²) in [6, 6.07) is 6.44. The predicted molar refractivity (Wildman–Crippen MR) is 56.0 cm³/mol. The molecule has 0 aliphatic carbocycles. The molecule has 1 unspecified atom stereocenters. The third-order valence-electron chi connectivity index (χ3n) is 2.15. The summed E-state index contributed by atoms with van der Waals surface area (Å²) in [5.41, 5.74) is 4.68. The highest BCUT2D eigenvalue weighted by Gasteiger charge is 2.07. The second kappa shape index (κ2) is 4.88. The maximum Gasteiger partial charge on any atom is 0.123 e. The maximum atomic E-state index is 12.6. The molecule has 0 spiro atoms. The predicted octanol–water partition coefficient (Wildman–Crippen LogP) is 1.78. The molecule has 0 saturated heterocycles. The van der Waals surface area contributed by atoms with Gasteiger partial charge >= 0.3 is 0 Å². The number of rotatable bonds is 4. The Bertz CT molecular complexity index is 306. The van der Waals surface area contributed by atoms with Crippen molar-refractivity contribution < 1.29 is 4.39 Å². The minimum atomic E-state index is -0.221. The van der Waals surface area contributed by atoms with Gasteiger partial charge in [-0.05, 0) is 31.0 Å². The Balaban J connectivity index is 2.67.